The summed E-state index contributed by atoms with van der Waals surface area (Å²) in [6, 6.07) is 15.2. The highest BCUT2D eigenvalue weighted by Gasteiger charge is 2.33. The number of carbonyl (C=O) groups is 1. The summed E-state index contributed by atoms with van der Waals surface area (Å²) >= 11 is 5.26. The van der Waals surface area contributed by atoms with E-state index < -0.39 is 0 Å². The average Bonchev–Trinajstić information content (AvgIpc) is 3.51. The molecule has 3 aromatic rings. The van der Waals surface area contributed by atoms with E-state index in [1.807, 2.05) is 37.3 Å². The van der Waals surface area contributed by atoms with Gasteiger partial charge in [0, 0.05) is 12.1 Å². The average molecular weight is 379 g/mol. The first-order chi connectivity index (χ1) is 13.1. The summed E-state index contributed by atoms with van der Waals surface area (Å²) in [5, 5.41) is 3.70. The van der Waals surface area contributed by atoms with E-state index in [0.29, 0.717) is 33.7 Å². The summed E-state index contributed by atoms with van der Waals surface area (Å²) in [6.45, 7) is 2.38. The number of aromatic amines is 1. The lowest BCUT2D eigenvalue weighted by Gasteiger charge is -2.19. The molecule has 0 unspecified atom stereocenters. The van der Waals surface area contributed by atoms with Gasteiger partial charge in [-0.1, -0.05) is 30.3 Å². The van der Waals surface area contributed by atoms with E-state index in [9.17, 15) is 9.59 Å². The number of hydrogen-bond donors (Lipinski definition) is 2. The molecule has 1 saturated carbocycles. The zero-order chi connectivity index (χ0) is 19.0. The van der Waals surface area contributed by atoms with Crippen LogP contribution in [0, 0.1) is 10.7 Å². The molecule has 1 aliphatic carbocycles. The molecule has 2 N–H and O–H groups in total. The molecule has 1 aliphatic rings. The van der Waals surface area contributed by atoms with E-state index in [0.717, 1.165) is 18.4 Å². The van der Waals surface area contributed by atoms with Crippen molar-refractivity contribution in [2.45, 2.75) is 32.4 Å². The highest BCUT2D eigenvalue weighted by Crippen LogP contribution is 2.41. The molecule has 0 bridgehead atoms. The van der Waals surface area contributed by atoms with Gasteiger partial charge < -0.3 is 10.3 Å². The van der Waals surface area contributed by atoms with Crippen LogP contribution in [-0.4, -0.2) is 15.5 Å². The normalized spacial score (nSPS) is 14.9. The third-order valence-corrected chi connectivity index (χ3v) is 5.42. The first-order valence-electron chi connectivity index (χ1n) is 9.21. The van der Waals surface area contributed by atoms with E-state index in [1.54, 1.807) is 18.2 Å². The lowest BCUT2D eigenvalue weighted by atomic mass is 10.0. The molecule has 0 saturated heterocycles. The Morgan fingerprint density at radius 3 is 2.67 bits per heavy atom. The van der Waals surface area contributed by atoms with Crippen LogP contribution in [0.25, 0.3) is 10.9 Å². The quantitative estimate of drug-likeness (QED) is 0.660. The highest BCUT2D eigenvalue weighted by molar-refractivity contribution is 7.71. The zero-order valence-corrected chi connectivity index (χ0v) is 15.9. The molecular weight excluding hydrogens is 358 g/mol. The molecule has 27 heavy (non-hydrogen) atoms. The number of fused-ring (bicyclic) bond motifs is 1. The van der Waals surface area contributed by atoms with E-state index in [-0.39, 0.29) is 17.5 Å². The second kappa shape index (κ2) is 7.12. The lowest BCUT2D eigenvalue weighted by molar-refractivity contribution is 0.0932. The van der Waals surface area contributed by atoms with Crippen LogP contribution in [0.3, 0.4) is 0 Å². The molecule has 1 amide bonds. The Balaban J connectivity index is 1.66. The lowest BCUT2D eigenvalue weighted by Crippen LogP contribution is -2.30. The van der Waals surface area contributed by atoms with Crippen molar-refractivity contribution in [3.8, 4) is 0 Å². The van der Waals surface area contributed by atoms with E-state index in [1.165, 1.54) is 4.57 Å². The number of carbonyl (C=O) groups excluding carboxylic acids is 1. The molecule has 0 spiro atoms. The fourth-order valence-electron chi connectivity index (χ4n) is 3.47. The molecule has 5 nitrogen and oxygen atoms in total. The molecule has 6 heteroatoms. The van der Waals surface area contributed by atoms with Crippen molar-refractivity contribution < 1.29 is 4.79 Å². The fourth-order valence-corrected chi connectivity index (χ4v) is 3.79. The number of H-pyrrole nitrogens is 1. The maximum atomic E-state index is 12.9. The monoisotopic (exact) mass is 379 g/mol. The molecule has 4 rings (SSSR count). The van der Waals surface area contributed by atoms with Crippen LogP contribution in [0.4, 0.5) is 0 Å². The van der Waals surface area contributed by atoms with Crippen molar-refractivity contribution in [3.05, 3.63) is 74.8 Å². The number of aromatic nitrogens is 2. The molecule has 1 fully saturated rings. The molecule has 1 atom stereocenters. The van der Waals surface area contributed by atoms with Crippen LogP contribution in [0.5, 0.6) is 0 Å². The molecule has 2 aromatic carbocycles. The van der Waals surface area contributed by atoms with Crippen molar-refractivity contribution in [2.75, 3.05) is 0 Å². The Labute approximate surface area is 162 Å². The topological polar surface area (TPSA) is 66.9 Å². The second-order valence-corrected chi connectivity index (χ2v) is 7.33. The van der Waals surface area contributed by atoms with Crippen LogP contribution >= 0.6 is 12.2 Å². The number of hydrogen-bond acceptors (Lipinski definition) is 3. The highest BCUT2D eigenvalue weighted by atomic mass is 32.1. The van der Waals surface area contributed by atoms with Gasteiger partial charge in [0.1, 0.15) is 0 Å². The van der Waals surface area contributed by atoms with Gasteiger partial charge >= 0.3 is 0 Å². The molecular formula is C21H21N3O2S. The zero-order valence-electron chi connectivity index (χ0n) is 15.1. The Bertz CT molecular complexity index is 1110. The maximum absolute atomic E-state index is 12.9. The number of amides is 1. The standard InChI is InChI=1S/C21H21N3O2S/c1-2-24-20(26)16-11-10-15(12-17(16)22-21(24)27)19(25)23-18(14-8-9-14)13-6-4-3-5-7-13/h3-7,10-12,14,18H,2,8-9H2,1H3,(H,22,27)(H,23,25)/t18-/m1/s1. The van der Waals surface area contributed by atoms with Gasteiger partial charge in [0.2, 0.25) is 0 Å². The van der Waals surface area contributed by atoms with Gasteiger partial charge in [-0.2, -0.15) is 0 Å². The van der Waals surface area contributed by atoms with Gasteiger partial charge in [0.05, 0.1) is 16.9 Å². The van der Waals surface area contributed by atoms with Crippen LogP contribution in [-0.2, 0) is 6.54 Å². The van der Waals surface area contributed by atoms with Crippen LogP contribution in [0.2, 0.25) is 0 Å². The van der Waals surface area contributed by atoms with Crippen molar-refractivity contribution in [2.24, 2.45) is 5.92 Å². The summed E-state index contributed by atoms with van der Waals surface area (Å²) in [6.07, 6.45) is 2.25. The minimum atomic E-state index is -0.142. The van der Waals surface area contributed by atoms with Crippen LogP contribution in [0.1, 0.15) is 41.7 Å². The minimum Gasteiger partial charge on any atom is -0.345 e. The number of nitrogens with zero attached hydrogens (tertiary/aromatic N) is 1. The van der Waals surface area contributed by atoms with Gasteiger partial charge in [-0.3, -0.25) is 14.2 Å². The smallest absolute Gasteiger partial charge is 0.262 e. The first-order valence-corrected chi connectivity index (χ1v) is 9.62. The van der Waals surface area contributed by atoms with Crippen LogP contribution < -0.4 is 10.9 Å². The van der Waals surface area contributed by atoms with Gasteiger partial charge in [0.15, 0.2) is 4.77 Å². The Hall–Kier alpha value is -2.73. The van der Waals surface area contributed by atoms with E-state index in [4.69, 9.17) is 12.2 Å². The molecule has 1 aromatic heterocycles. The number of rotatable bonds is 5. The summed E-state index contributed by atoms with van der Waals surface area (Å²) < 4.78 is 1.88. The van der Waals surface area contributed by atoms with Gasteiger partial charge in [0.25, 0.3) is 11.5 Å². The fraction of sp³-hybridized carbons (Fsp3) is 0.286. The van der Waals surface area contributed by atoms with Gasteiger partial charge in [-0.25, -0.2) is 0 Å². The largest absolute Gasteiger partial charge is 0.345 e. The Kier molecular flexibility index (Phi) is 4.66. The molecule has 0 aliphatic heterocycles. The van der Waals surface area contributed by atoms with Crippen LogP contribution in [0.15, 0.2) is 53.3 Å². The third-order valence-electron chi connectivity index (χ3n) is 5.10. The number of benzene rings is 2. The summed E-state index contributed by atoms with van der Waals surface area (Å²) in [4.78, 5) is 28.4. The predicted octanol–water partition coefficient (Wildman–Crippen LogP) is 3.96. The molecule has 0 radical (unpaired) electrons. The first kappa shape index (κ1) is 17.7. The van der Waals surface area contributed by atoms with Crippen molar-refractivity contribution >= 4 is 29.0 Å². The van der Waals surface area contributed by atoms with Crippen molar-refractivity contribution in [1.29, 1.82) is 0 Å². The summed E-state index contributed by atoms with van der Waals surface area (Å²) in [7, 11) is 0. The SMILES string of the molecule is CCn1c(=S)[nH]c2cc(C(=O)N[C@H](c3ccccc3)C3CC3)ccc2c1=O. The molecule has 138 valence electrons. The van der Waals surface area contributed by atoms with E-state index in [2.05, 4.69) is 10.3 Å². The minimum absolute atomic E-state index is 0.0148. The van der Waals surface area contributed by atoms with Gasteiger partial charge in [-0.15, -0.1) is 0 Å². The summed E-state index contributed by atoms with van der Waals surface area (Å²) in [5.74, 6) is 0.344. The summed E-state index contributed by atoms with van der Waals surface area (Å²) in [5.41, 5.74) is 2.09. The van der Waals surface area contributed by atoms with Gasteiger partial charge in [-0.05, 0) is 61.7 Å². The Morgan fingerprint density at radius 2 is 2.00 bits per heavy atom. The van der Waals surface area contributed by atoms with E-state index >= 15 is 0 Å². The number of nitrogens with one attached hydrogen (secondary N) is 2. The molecule has 1 heterocycles. The second-order valence-electron chi connectivity index (χ2n) is 6.94. The predicted molar refractivity (Wildman–Crippen MR) is 108 cm³/mol. The van der Waals surface area contributed by atoms with Crippen molar-refractivity contribution in [1.82, 2.24) is 14.9 Å². The maximum Gasteiger partial charge on any atom is 0.262 e. The Morgan fingerprint density at radius 1 is 1.26 bits per heavy atom. The van der Waals surface area contributed by atoms with Crippen molar-refractivity contribution in [3.63, 3.8) is 0 Å². The third kappa shape index (κ3) is 3.45.